The molecule has 3 aliphatic rings. The van der Waals surface area contributed by atoms with Crippen LogP contribution in [0.5, 0.6) is 0 Å². The lowest BCUT2D eigenvalue weighted by atomic mass is 9.80. The van der Waals surface area contributed by atoms with Gasteiger partial charge in [-0.1, -0.05) is 44.4 Å². The van der Waals surface area contributed by atoms with Crippen LogP contribution < -0.4 is 0 Å². The smallest absolute Gasteiger partial charge is 0.228 e. The second-order valence-corrected chi connectivity index (χ2v) is 9.92. The standard InChI is InChI=1S/C28H41NO4/c1-6-9-12-22(7-2)26-19-23(32-8-3)20-28(33-26)14-16-29(17-15-28)27(30)24-18-21(4)11-10-13-25(24)31-5/h2,6,8-9,12,21,23-26H,3,10-11,13-20H2,1,4-5H3. The maximum Gasteiger partial charge on any atom is 0.228 e. The van der Waals surface area contributed by atoms with Gasteiger partial charge in [-0.2, -0.15) is 0 Å². The summed E-state index contributed by atoms with van der Waals surface area (Å²) in [6, 6.07) is 0. The average molecular weight is 456 g/mol. The number of rotatable bonds is 6. The van der Waals surface area contributed by atoms with Crippen LogP contribution in [0.2, 0.25) is 0 Å². The second-order valence-electron chi connectivity index (χ2n) is 9.92. The van der Waals surface area contributed by atoms with Crippen LogP contribution in [0.25, 0.3) is 0 Å². The zero-order chi connectivity index (χ0) is 23.8. The lowest BCUT2D eigenvalue weighted by Gasteiger charge is -2.49. The Morgan fingerprint density at radius 1 is 1.27 bits per heavy atom. The first-order chi connectivity index (χ1) is 15.9. The lowest BCUT2D eigenvalue weighted by Crippen LogP contribution is -2.55. The van der Waals surface area contributed by atoms with Gasteiger partial charge < -0.3 is 19.1 Å². The summed E-state index contributed by atoms with van der Waals surface area (Å²) in [5.41, 5.74) is 0.495. The highest BCUT2D eigenvalue weighted by molar-refractivity contribution is 5.79. The van der Waals surface area contributed by atoms with Crippen molar-refractivity contribution in [3.63, 3.8) is 0 Å². The quantitative estimate of drug-likeness (QED) is 0.244. The molecular weight excluding hydrogens is 414 g/mol. The Balaban J connectivity index is 1.71. The summed E-state index contributed by atoms with van der Waals surface area (Å²) in [5, 5.41) is 0. The summed E-state index contributed by atoms with van der Waals surface area (Å²) >= 11 is 0. The molecule has 0 N–H and O–H groups in total. The molecule has 0 aromatic rings. The number of allylic oxidation sites excluding steroid dienone is 3. The highest BCUT2D eigenvalue weighted by Gasteiger charge is 2.46. The number of nitrogens with zero attached hydrogens (tertiary/aromatic N) is 1. The van der Waals surface area contributed by atoms with Crippen molar-refractivity contribution < 1.29 is 19.0 Å². The SMILES string of the molecule is C#CC(=CC=CC)C1CC(OC=C)CC2(CCN(C(=O)C3CC(C)CCCC3OC)CC2)O1. The van der Waals surface area contributed by atoms with Gasteiger partial charge in [0.05, 0.1) is 30.0 Å². The third kappa shape index (κ3) is 6.31. The third-order valence-electron chi connectivity index (χ3n) is 7.64. The van der Waals surface area contributed by atoms with E-state index in [9.17, 15) is 4.79 Å². The van der Waals surface area contributed by atoms with E-state index < -0.39 is 0 Å². The van der Waals surface area contributed by atoms with Crippen molar-refractivity contribution in [1.82, 2.24) is 4.90 Å². The van der Waals surface area contributed by atoms with E-state index in [2.05, 4.69) is 19.4 Å². The van der Waals surface area contributed by atoms with Crippen LogP contribution in [0, 0.1) is 24.2 Å². The van der Waals surface area contributed by atoms with E-state index >= 15 is 0 Å². The molecule has 0 aromatic heterocycles. The molecule has 1 spiro atoms. The molecule has 5 unspecified atom stereocenters. The number of hydrogen-bond donors (Lipinski definition) is 0. The molecule has 3 rings (SSSR count). The monoisotopic (exact) mass is 455 g/mol. The lowest BCUT2D eigenvalue weighted by molar-refractivity contribution is -0.176. The van der Waals surface area contributed by atoms with Crippen molar-refractivity contribution in [2.75, 3.05) is 20.2 Å². The fourth-order valence-corrected chi connectivity index (χ4v) is 5.82. The Hall–Kier alpha value is -2.03. The molecule has 1 amide bonds. The summed E-state index contributed by atoms with van der Waals surface area (Å²) in [7, 11) is 1.74. The molecular formula is C28H41NO4. The third-order valence-corrected chi connectivity index (χ3v) is 7.64. The van der Waals surface area contributed by atoms with Crippen molar-refractivity contribution in [2.24, 2.45) is 11.8 Å². The van der Waals surface area contributed by atoms with E-state index in [1.54, 1.807) is 7.11 Å². The van der Waals surface area contributed by atoms with Gasteiger partial charge in [0.15, 0.2) is 0 Å². The van der Waals surface area contributed by atoms with Gasteiger partial charge in [0.1, 0.15) is 6.10 Å². The first kappa shape index (κ1) is 25.6. The summed E-state index contributed by atoms with van der Waals surface area (Å²) in [6.45, 7) is 9.35. The zero-order valence-corrected chi connectivity index (χ0v) is 20.6. The van der Waals surface area contributed by atoms with Crippen molar-refractivity contribution in [3.8, 4) is 12.3 Å². The number of hydrogen-bond acceptors (Lipinski definition) is 4. The van der Waals surface area contributed by atoms with E-state index in [4.69, 9.17) is 20.6 Å². The Morgan fingerprint density at radius 3 is 2.67 bits per heavy atom. The molecule has 5 heteroatoms. The van der Waals surface area contributed by atoms with E-state index in [-0.39, 0.29) is 35.7 Å². The first-order valence-corrected chi connectivity index (χ1v) is 12.5. The average Bonchev–Trinajstić information content (AvgIpc) is 3.00. The van der Waals surface area contributed by atoms with Gasteiger partial charge in [-0.05, 0) is 44.6 Å². The van der Waals surface area contributed by atoms with Crippen molar-refractivity contribution in [2.45, 2.75) is 89.1 Å². The van der Waals surface area contributed by atoms with E-state index in [0.29, 0.717) is 25.4 Å². The maximum absolute atomic E-state index is 13.5. The fraction of sp³-hybridized carbons (Fsp3) is 0.679. The number of carbonyl (C=O) groups is 1. The Kier molecular flexibility index (Phi) is 9.23. The normalized spacial score (nSPS) is 32.8. The summed E-state index contributed by atoms with van der Waals surface area (Å²) < 4.78 is 18.3. The van der Waals surface area contributed by atoms with Crippen LogP contribution in [0.1, 0.15) is 65.2 Å². The van der Waals surface area contributed by atoms with E-state index in [0.717, 1.165) is 44.1 Å². The van der Waals surface area contributed by atoms with Gasteiger partial charge in [0, 0.05) is 38.6 Å². The van der Waals surface area contributed by atoms with Gasteiger partial charge >= 0.3 is 0 Å². The van der Waals surface area contributed by atoms with Crippen molar-refractivity contribution >= 4 is 5.91 Å². The summed E-state index contributed by atoms with van der Waals surface area (Å²) in [4.78, 5) is 15.6. The Morgan fingerprint density at radius 2 is 2.03 bits per heavy atom. The number of carbonyl (C=O) groups excluding carboxylic acids is 1. The molecule has 3 fully saturated rings. The molecule has 182 valence electrons. The highest BCUT2D eigenvalue weighted by atomic mass is 16.5. The highest BCUT2D eigenvalue weighted by Crippen LogP contribution is 2.41. The van der Waals surface area contributed by atoms with Gasteiger partial charge in [0.2, 0.25) is 5.91 Å². The van der Waals surface area contributed by atoms with Crippen LogP contribution >= 0.6 is 0 Å². The molecule has 2 aliphatic heterocycles. The molecule has 5 nitrogen and oxygen atoms in total. The van der Waals surface area contributed by atoms with Crippen LogP contribution in [-0.2, 0) is 19.0 Å². The number of ether oxygens (including phenoxy) is 3. The Labute approximate surface area is 200 Å². The molecule has 0 radical (unpaired) electrons. The van der Waals surface area contributed by atoms with Gasteiger partial charge in [0.25, 0.3) is 0 Å². The fourth-order valence-electron chi connectivity index (χ4n) is 5.82. The molecule has 1 saturated carbocycles. The largest absolute Gasteiger partial charge is 0.498 e. The van der Waals surface area contributed by atoms with Crippen LogP contribution in [0.4, 0.5) is 0 Å². The maximum atomic E-state index is 13.5. The number of piperidine rings is 1. The van der Waals surface area contributed by atoms with Crippen LogP contribution in [0.15, 0.2) is 36.6 Å². The molecule has 0 bridgehead atoms. The topological polar surface area (TPSA) is 48.0 Å². The molecule has 2 saturated heterocycles. The van der Waals surface area contributed by atoms with Gasteiger partial charge in [-0.3, -0.25) is 4.79 Å². The molecule has 1 aliphatic carbocycles. The van der Waals surface area contributed by atoms with E-state index in [1.807, 2.05) is 30.1 Å². The second kappa shape index (κ2) is 11.9. The number of methoxy groups -OCH3 is 1. The van der Waals surface area contributed by atoms with Crippen molar-refractivity contribution in [3.05, 3.63) is 36.6 Å². The molecule has 0 aromatic carbocycles. The minimum Gasteiger partial charge on any atom is -0.498 e. The van der Waals surface area contributed by atoms with Crippen LogP contribution in [-0.4, -0.2) is 54.9 Å². The number of terminal acetylenes is 1. The zero-order valence-electron chi connectivity index (χ0n) is 20.6. The van der Waals surface area contributed by atoms with Crippen LogP contribution in [0.3, 0.4) is 0 Å². The molecule has 33 heavy (non-hydrogen) atoms. The predicted molar refractivity (Wildman–Crippen MR) is 131 cm³/mol. The predicted octanol–water partition coefficient (Wildman–Crippen LogP) is 5.03. The Bertz CT molecular complexity index is 771. The molecule has 2 heterocycles. The van der Waals surface area contributed by atoms with Crippen molar-refractivity contribution in [1.29, 1.82) is 0 Å². The van der Waals surface area contributed by atoms with E-state index in [1.165, 1.54) is 12.7 Å². The first-order valence-electron chi connectivity index (χ1n) is 12.5. The van der Waals surface area contributed by atoms with Gasteiger partial charge in [-0.15, -0.1) is 6.42 Å². The summed E-state index contributed by atoms with van der Waals surface area (Å²) in [6.07, 6.45) is 20.3. The minimum atomic E-state index is -0.337. The molecule has 5 atom stereocenters. The minimum absolute atomic E-state index is 0.00596. The summed E-state index contributed by atoms with van der Waals surface area (Å²) in [5.74, 6) is 3.56. The number of amides is 1. The number of likely N-dealkylation sites (tertiary alicyclic amines) is 1. The van der Waals surface area contributed by atoms with Gasteiger partial charge in [-0.25, -0.2) is 0 Å².